The van der Waals surface area contributed by atoms with Crippen LogP contribution in [0.2, 0.25) is 0 Å². The van der Waals surface area contributed by atoms with E-state index in [0.29, 0.717) is 0 Å². The number of amidine groups is 1. The summed E-state index contributed by atoms with van der Waals surface area (Å²) in [7, 11) is 0. The summed E-state index contributed by atoms with van der Waals surface area (Å²) in [5.74, 6) is 0.855. The first-order valence-corrected chi connectivity index (χ1v) is 17.0. The third-order valence-electron chi connectivity index (χ3n) is 9.89. The van der Waals surface area contributed by atoms with E-state index in [1.807, 2.05) is 12.1 Å². The molecule has 10 rings (SSSR count). The third-order valence-corrected chi connectivity index (χ3v) is 9.89. The molecule has 1 aliphatic rings. The van der Waals surface area contributed by atoms with E-state index in [1.165, 1.54) is 21.9 Å². The molecule has 5 heteroatoms. The molecule has 0 aliphatic carbocycles. The summed E-state index contributed by atoms with van der Waals surface area (Å²) in [6.45, 7) is 0. The minimum atomic E-state index is -0.222. The Hall–Kier alpha value is -6.43. The standard InChI is InChI=1S/C45H32N4O/c1-4-14-29(15-5-1)32-26-27-38-36(28-32)33-20-10-11-23-37(33)49(38)39-24-12-21-34-41-35(22-13-25-40(41)50-42(34)39)45-47-43(30-16-6-2-7-17-30)46-44(48-45)31-18-8-3-9-19-31/h1-28,43,45,47H,(H,46,48). The molecule has 7 aromatic carbocycles. The predicted molar refractivity (Wildman–Crippen MR) is 205 cm³/mol. The highest BCUT2D eigenvalue weighted by molar-refractivity contribution is 6.14. The number of aromatic nitrogens is 1. The zero-order chi connectivity index (χ0) is 33.0. The van der Waals surface area contributed by atoms with Crippen LogP contribution in [0.15, 0.2) is 179 Å². The monoisotopic (exact) mass is 644 g/mol. The van der Waals surface area contributed by atoms with Gasteiger partial charge in [-0.2, -0.15) is 0 Å². The number of nitrogens with one attached hydrogen (secondary N) is 2. The van der Waals surface area contributed by atoms with E-state index >= 15 is 0 Å². The van der Waals surface area contributed by atoms with E-state index in [9.17, 15) is 0 Å². The van der Waals surface area contributed by atoms with Crippen molar-refractivity contribution in [2.75, 3.05) is 0 Å². The fourth-order valence-corrected chi connectivity index (χ4v) is 7.59. The quantitative estimate of drug-likeness (QED) is 0.196. The van der Waals surface area contributed by atoms with Crippen LogP contribution in [-0.2, 0) is 0 Å². The molecule has 2 unspecified atom stereocenters. The molecule has 9 aromatic rings. The second-order valence-electron chi connectivity index (χ2n) is 12.8. The van der Waals surface area contributed by atoms with Crippen molar-refractivity contribution >= 4 is 49.6 Å². The number of rotatable bonds is 5. The maximum Gasteiger partial charge on any atom is 0.159 e. The fraction of sp³-hybridized carbons (Fsp3) is 0.0444. The highest BCUT2D eigenvalue weighted by atomic mass is 16.3. The van der Waals surface area contributed by atoms with Gasteiger partial charge in [0.15, 0.2) is 5.58 Å². The first-order valence-electron chi connectivity index (χ1n) is 17.0. The van der Waals surface area contributed by atoms with Crippen LogP contribution in [0.1, 0.15) is 29.0 Å². The molecular weight excluding hydrogens is 613 g/mol. The van der Waals surface area contributed by atoms with Gasteiger partial charge >= 0.3 is 0 Å². The number of nitrogens with zero attached hydrogens (tertiary/aromatic N) is 2. The molecule has 5 nitrogen and oxygen atoms in total. The van der Waals surface area contributed by atoms with Crippen molar-refractivity contribution in [3.05, 3.63) is 187 Å². The van der Waals surface area contributed by atoms with Crippen molar-refractivity contribution in [1.29, 1.82) is 0 Å². The first kappa shape index (κ1) is 28.6. The normalized spacial score (nSPS) is 16.2. The largest absolute Gasteiger partial charge is 0.454 e. The van der Waals surface area contributed by atoms with Gasteiger partial charge in [-0.1, -0.05) is 140 Å². The molecule has 1 aliphatic heterocycles. The van der Waals surface area contributed by atoms with Gasteiger partial charge in [0.05, 0.1) is 16.7 Å². The first-order chi connectivity index (χ1) is 24.8. The maximum absolute atomic E-state index is 6.85. The molecule has 0 bridgehead atoms. The van der Waals surface area contributed by atoms with Gasteiger partial charge in [-0.3, -0.25) is 5.32 Å². The fourth-order valence-electron chi connectivity index (χ4n) is 7.59. The smallest absolute Gasteiger partial charge is 0.159 e. The summed E-state index contributed by atoms with van der Waals surface area (Å²) >= 11 is 0. The zero-order valence-corrected chi connectivity index (χ0v) is 27.1. The van der Waals surface area contributed by atoms with Gasteiger partial charge in [0, 0.05) is 32.7 Å². The van der Waals surface area contributed by atoms with Gasteiger partial charge in [-0.05, 0) is 47.0 Å². The molecule has 0 spiro atoms. The van der Waals surface area contributed by atoms with Crippen molar-refractivity contribution in [3.63, 3.8) is 0 Å². The van der Waals surface area contributed by atoms with Gasteiger partial charge < -0.3 is 14.3 Å². The van der Waals surface area contributed by atoms with Crippen LogP contribution in [-0.4, -0.2) is 10.4 Å². The number of hydrogen-bond donors (Lipinski definition) is 2. The number of hydrogen-bond acceptors (Lipinski definition) is 4. The average molecular weight is 645 g/mol. The lowest BCUT2D eigenvalue weighted by Gasteiger charge is -2.32. The molecule has 0 amide bonds. The van der Waals surface area contributed by atoms with Gasteiger partial charge in [0.2, 0.25) is 0 Å². The minimum absolute atomic E-state index is 0.217. The molecule has 0 saturated heterocycles. The lowest BCUT2D eigenvalue weighted by molar-refractivity contribution is 0.411. The minimum Gasteiger partial charge on any atom is -0.454 e. The second-order valence-corrected chi connectivity index (χ2v) is 12.8. The van der Waals surface area contributed by atoms with Gasteiger partial charge in [-0.15, -0.1) is 0 Å². The highest BCUT2D eigenvalue weighted by Gasteiger charge is 2.28. The Balaban J connectivity index is 1.15. The van der Waals surface area contributed by atoms with E-state index in [2.05, 4.69) is 173 Å². The van der Waals surface area contributed by atoms with Crippen molar-refractivity contribution in [2.24, 2.45) is 4.99 Å². The lowest BCUT2D eigenvalue weighted by atomic mass is 10.0. The Morgan fingerprint density at radius 1 is 0.540 bits per heavy atom. The van der Waals surface area contributed by atoms with Crippen LogP contribution < -0.4 is 10.6 Å². The average Bonchev–Trinajstić information content (AvgIpc) is 3.74. The summed E-state index contributed by atoms with van der Waals surface area (Å²) in [5.41, 5.74) is 10.7. The Kier molecular flexibility index (Phi) is 6.64. The van der Waals surface area contributed by atoms with Crippen LogP contribution in [0.5, 0.6) is 0 Å². The molecule has 0 fully saturated rings. The van der Waals surface area contributed by atoms with E-state index in [0.717, 1.165) is 61.2 Å². The molecule has 2 aromatic heterocycles. The molecule has 50 heavy (non-hydrogen) atoms. The second kappa shape index (κ2) is 11.6. The van der Waals surface area contributed by atoms with E-state index < -0.39 is 0 Å². The van der Waals surface area contributed by atoms with Crippen LogP contribution >= 0.6 is 0 Å². The van der Waals surface area contributed by atoms with Gasteiger partial charge in [0.25, 0.3) is 0 Å². The number of para-hydroxylation sites is 2. The summed E-state index contributed by atoms with van der Waals surface area (Å²) in [6.07, 6.45) is -0.439. The van der Waals surface area contributed by atoms with Crippen molar-refractivity contribution in [1.82, 2.24) is 15.2 Å². The zero-order valence-electron chi connectivity index (χ0n) is 27.1. The Bertz CT molecular complexity index is 2710. The highest BCUT2D eigenvalue weighted by Crippen LogP contribution is 2.41. The number of furan rings is 1. The van der Waals surface area contributed by atoms with Gasteiger partial charge in [-0.25, -0.2) is 4.99 Å². The molecule has 2 N–H and O–H groups in total. The van der Waals surface area contributed by atoms with Crippen molar-refractivity contribution < 1.29 is 4.42 Å². The topological polar surface area (TPSA) is 54.5 Å². The van der Waals surface area contributed by atoms with Crippen molar-refractivity contribution in [2.45, 2.75) is 12.3 Å². The third kappa shape index (κ3) is 4.63. The number of aliphatic imine (C=N–C) groups is 1. The van der Waals surface area contributed by atoms with Gasteiger partial charge in [0.1, 0.15) is 23.8 Å². The molecular formula is C45H32N4O. The summed E-state index contributed by atoms with van der Waals surface area (Å²) in [6, 6.07) is 59.6. The SMILES string of the molecule is c1ccc(C2=NC(c3ccccc3)NC(c3cccc4oc5c(-n6c7ccccc7c7cc(-c8ccccc8)ccc76)cccc5c34)N2)cc1. The van der Waals surface area contributed by atoms with Crippen LogP contribution in [0, 0.1) is 0 Å². The molecule has 3 heterocycles. The molecule has 0 radical (unpaired) electrons. The number of benzene rings is 7. The Morgan fingerprint density at radius 2 is 1.22 bits per heavy atom. The molecule has 238 valence electrons. The Labute approximate surface area is 289 Å². The lowest BCUT2D eigenvalue weighted by Crippen LogP contribution is -2.45. The van der Waals surface area contributed by atoms with Crippen LogP contribution in [0.4, 0.5) is 0 Å². The maximum atomic E-state index is 6.85. The Morgan fingerprint density at radius 3 is 2.04 bits per heavy atom. The van der Waals surface area contributed by atoms with Crippen LogP contribution in [0.3, 0.4) is 0 Å². The predicted octanol–water partition coefficient (Wildman–Crippen LogP) is 10.7. The summed E-state index contributed by atoms with van der Waals surface area (Å²) in [4.78, 5) is 5.13. The van der Waals surface area contributed by atoms with E-state index in [1.54, 1.807) is 0 Å². The summed E-state index contributed by atoms with van der Waals surface area (Å²) in [5, 5.41) is 12.1. The van der Waals surface area contributed by atoms with E-state index in [-0.39, 0.29) is 12.3 Å². The summed E-state index contributed by atoms with van der Waals surface area (Å²) < 4.78 is 9.20. The number of fused-ring (bicyclic) bond motifs is 6. The van der Waals surface area contributed by atoms with Crippen LogP contribution in [0.25, 0.3) is 60.6 Å². The van der Waals surface area contributed by atoms with E-state index in [4.69, 9.17) is 9.41 Å². The molecule has 2 atom stereocenters. The molecule has 0 saturated carbocycles. The van der Waals surface area contributed by atoms with Crippen molar-refractivity contribution in [3.8, 4) is 16.8 Å².